The molecule has 0 radical (unpaired) electrons. The number of halogens is 1. The van der Waals surface area contributed by atoms with Crippen molar-refractivity contribution in [3.05, 3.63) is 112 Å². The van der Waals surface area contributed by atoms with Crippen molar-refractivity contribution in [3.63, 3.8) is 0 Å². The molecular formula is C28H23ClN2O3. The van der Waals surface area contributed by atoms with Crippen LogP contribution in [0.3, 0.4) is 0 Å². The molecule has 0 atom stereocenters. The molecule has 0 saturated heterocycles. The second-order valence-corrected chi connectivity index (χ2v) is 8.25. The van der Waals surface area contributed by atoms with Crippen molar-refractivity contribution in [1.29, 1.82) is 0 Å². The number of furan rings is 1. The van der Waals surface area contributed by atoms with Crippen LogP contribution >= 0.6 is 11.6 Å². The lowest BCUT2D eigenvalue weighted by molar-refractivity contribution is -0.111. The molecule has 0 aliphatic heterocycles. The van der Waals surface area contributed by atoms with Gasteiger partial charge in [0.1, 0.15) is 11.5 Å². The molecule has 170 valence electrons. The van der Waals surface area contributed by atoms with Crippen LogP contribution in [-0.4, -0.2) is 11.8 Å². The van der Waals surface area contributed by atoms with E-state index in [-0.39, 0.29) is 11.8 Å². The summed E-state index contributed by atoms with van der Waals surface area (Å²) in [6.45, 7) is 3.82. The smallest absolute Gasteiger partial charge is 0.255 e. The molecule has 0 unspecified atom stereocenters. The van der Waals surface area contributed by atoms with Crippen LogP contribution in [-0.2, 0) is 4.79 Å². The Kier molecular flexibility index (Phi) is 6.95. The average molecular weight is 471 g/mol. The van der Waals surface area contributed by atoms with Gasteiger partial charge in [-0.15, -0.1) is 0 Å². The highest BCUT2D eigenvalue weighted by atomic mass is 35.5. The maximum atomic E-state index is 12.5. The minimum absolute atomic E-state index is 0.204. The van der Waals surface area contributed by atoms with E-state index in [0.29, 0.717) is 33.5 Å². The molecule has 2 N–H and O–H groups in total. The summed E-state index contributed by atoms with van der Waals surface area (Å²) in [5.41, 5.74) is 4.50. The van der Waals surface area contributed by atoms with Crippen molar-refractivity contribution in [2.24, 2.45) is 0 Å². The van der Waals surface area contributed by atoms with Gasteiger partial charge in [0.2, 0.25) is 5.91 Å². The lowest BCUT2D eigenvalue weighted by Crippen LogP contribution is -2.14. The molecular weight excluding hydrogens is 448 g/mol. The predicted octanol–water partition coefficient (Wildman–Crippen LogP) is 7.12. The number of amides is 2. The molecule has 4 rings (SSSR count). The summed E-state index contributed by atoms with van der Waals surface area (Å²) in [5.74, 6) is 0.684. The van der Waals surface area contributed by atoms with Gasteiger partial charge in [-0.1, -0.05) is 48.0 Å². The first-order valence-electron chi connectivity index (χ1n) is 10.7. The van der Waals surface area contributed by atoms with E-state index in [0.717, 1.165) is 16.7 Å². The molecule has 0 aliphatic carbocycles. The molecule has 4 aromatic rings. The van der Waals surface area contributed by atoms with Gasteiger partial charge in [0.15, 0.2) is 0 Å². The number of hydrogen-bond acceptors (Lipinski definition) is 3. The van der Waals surface area contributed by atoms with E-state index in [4.69, 9.17) is 16.0 Å². The summed E-state index contributed by atoms with van der Waals surface area (Å²) in [6.07, 6.45) is 2.99. The number of benzene rings is 3. The molecule has 6 heteroatoms. The zero-order valence-corrected chi connectivity index (χ0v) is 19.5. The minimum atomic E-state index is -0.321. The Morgan fingerprint density at radius 1 is 0.824 bits per heavy atom. The third-order valence-electron chi connectivity index (χ3n) is 5.26. The third kappa shape index (κ3) is 5.63. The van der Waals surface area contributed by atoms with Crippen molar-refractivity contribution < 1.29 is 14.0 Å². The van der Waals surface area contributed by atoms with E-state index in [1.165, 1.54) is 6.08 Å². The Balaban J connectivity index is 1.39. The fraction of sp³-hybridized carbons (Fsp3) is 0.0714. The van der Waals surface area contributed by atoms with Crippen LogP contribution in [0, 0.1) is 13.8 Å². The number of carbonyl (C=O) groups excluding carboxylic acids is 2. The summed E-state index contributed by atoms with van der Waals surface area (Å²) in [7, 11) is 0. The Morgan fingerprint density at radius 2 is 1.59 bits per heavy atom. The third-order valence-corrected chi connectivity index (χ3v) is 5.67. The van der Waals surface area contributed by atoms with E-state index in [9.17, 15) is 9.59 Å². The van der Waals surface area contributed by atoms with Crippen molar-refractivity contribution in [2.45, 2.75) is 13.8 Å². The van der Waals surface area contributed by atoms with Gasteiger partial charge in [0, 0.05) is 33.6 Å². The zero-order valence-electron chi connectivity index (χ0n) is 18.8. The van der Waals surface area contributed by atoms with E-state index >= 15 is 0 Å². The Hall–Kier alpha value is -4.09. The number of anilines is 2. The van der Waals surface area contributed by atoms with Crippen LogP contribution in [0.2, 0.25) is 5.02 Å². The molecule has 2 amide bonds. The fourth-order valence-corrected chi connectivity index (χ4v) is 3.57. The number of aryl methyl sites for hydroxylation is 2. The first-order valence-corrected chi connectivity index (χ1v) is 11.1. The second kappa shape index (κ2) is 10.2. The van der Waals surface area contributed by atoms with E-state index < -0.39 is 0 Å². The molecule has 1 heterocycles. The molecule has 0 bridgehead atoms. The lowest BCUT2D eigenvalue weighted by atomic mass is 10.1. The Morgan fingerprint density at radius 3 is 2.35 bits per heavy atom. The van der Waals surface area contributed by atoms with Gasteiger partial charge >= 0.3 is 0 Å². The number of nitrogens with one attached hydrogen (secondary N) is 2. The van der Waals surface area contributed by atoms with Gasteiger partial charge in [-0.2, -0.15) is 0 Å². The van der Waals surface area contributed by atoms with Gasteiger partial charge in [-0.3, -0.25) is 9.59 Å². The van der Waals surface area contributed by atoms with Gasteiger partial charge < -0.3 is 15.1 Å². The first-order chi connectivity index (χ1) is 16.4. The van der Waals surface area contributed by atoms with E-state index in [1.807, 2.05) is 56.3 Å². The van der Waals surface area contributed by atoms with Crippen molar-refractivity contribution in [1.82, 2.24) is 0 Å². The van der Waals surface area contributed by atoms with Crippen LogP contribution in [0.25, 0.3) is 17.4 Å². The summed E-state index contributed by atoms with van der Waals surface area (Å²) < 4.78 is 5.81. The summed E-state index contributed by atoms with van der Waals surface area (Å²) in [6, 6.07) is 23.7. The topological polar surface area (TPSA) is 71.3 Å². The SMILES string of the molecule is Cc1ccc(-c2ccc(/C=C/C(=O)Nc3cccc(NC(=O)c4ccccc4C)c3)o2)cc1Cl. The average Bonchev–Trinajstić information content (AvgIpc) is 3.29. The van der Waals surface area contributed by atoms with Gasteiger partial charge in [-0.05, 0) is 73.5 Å². The molecule has 0 saturated carbocycles. The number of carbonyl (C=O) groups is 2. The van der Waals surface area contributed by atoms with Crippen molar-refractivity contribution in [2.75, 3.05) is 10.6 Å². The Bertz CT molecular complexity index is 1390. The molecule has 0 spiro atoms. The normalized spacial score (nSPS) is 10.9. The minimum Gasteiger partial charge on any atom is -0.457 e. The Labute approximate surface area is 203 Å². The van der Waals surface area contributed by atoms with Crippen LogP contribution in [0.4, 0.5) is 11.4 Å². The zero-order chi connectivity index (χ0) is 24.1. The first kappa shape index (κ1) is 23.1. The quantitative estimate of drug-likeness (QED) is 0.295. The van der Waals surface area contributed by atoms with Crippen LogP contribution in [0.5, 0.6) is 0 Å². The standard InChI is InChI=1S/C28H23ClN2O3/c1-18-6-3-4-9-24(18)28(33)31-22-8-5-7-21(17-22)30-27(32)15-13-23-12-14-26(34-23)20-11-10-19(2)25(29)16-20/h3-17H,1-2H3,(H,30,32)(H,31,33)/b15-13+. The predicted molar refractivity (Wildman–Crippen MR) is 137 cm³/mol. The largest absolute Gasteiger partial charge is 0.457 e. The maximum absolute atomic E-state index is 12.5. The molecule has 5 nitrogen and oxygen atoms in total. The number of rotatable bonds is 6. The highest BCUT2D eigenvalue weighted by molar-refractivity contribution is 6.31. The molecule has 3 aromatic carbocycles. The highest BCUT2D eigenvalue weighted by Gasteiger charge is 2.09. The van der Waals surface area contributed by atoms with Crippen LogP contribution < -0.4 is 10.6 Å². The molecule has 1 aromatic heterocycles. The molecule has 0 aliphatic rings. The second-order valence-electron chi connectivity index (χ2n) is 7.84. The van der Waals surface area contributed by atoms with Gasteiger partial charge in [0.25, 0.3) is 5.91 Å². The van der Waals surface area contributed by atoms with Crippen molar-refractivity contribution >= 4 is 40.9 Å². The van der Waals surface area contributed by atoms with Crippen molar-refractivity contribution in [3.8, 4) is 11.3 Å². The summed E-state index contributed by atoms with van der Waals surface area (Å²) in [5, 5.41) is 6.33. The fourth-order valence-electron chi connectivity index (χ4n) is 3.39. The number of hydrogen-bond donors (Lipinski definition) is 2. The summed E-state index contributed by atoms with van der Waals surface area (Å²) >= 11 is 6.20. The summed E-state index contributed by atoms with van der Waals surface area (Å²) in [4.78, 5) is 24.9. The highest BCUT2D eigenvalue weighted by Crippen LogP contribution is 2.27. The van der Waals surface area contributed by atoms with Crippen LogP contribution in [0.15, 0.2) is 89.4 Å². The van der Waals surface area contributed by atoms with Gasteiger partial charge in [0.05, 0.1) is 0 Å². The molecule has 0 fully saturated rings. The van der Waals surface area contributed by atoms with E-state index in [1.54, 1.807) is 42.5 Å². The maximum Gasteiger partial charge on any atom is 0.255 e. The van der Waals surface area contributed by atoms with Gasteiger partial charge in [-0.25, -0.2) is 0 Å². The van der Waals surface area contributed by atoms with E-state index in [2.05, 4.69) is 10.6 Å². The van der Waals surface area contributed by atoms with Crippen LogP contribution in [0.1, 0.15) is 27.2 Å². The molecule has 34 heavy (non-hydrogen) atoms. The lowest BCUT2D eigenvalue weighted by Gasteiger charge is -2.09. The monoisotopic (exact) mass is 470 g/mol.